The second kappa shape index (κ2) is 13.4. The summed E-state index contributed by atoms with van der Waals surface area (Å²) in [5.74, 6) is 1.88. The van der Waals surface area contributed by atoms with Crippen LogP contribution in [0.4, 0.5) is 0 Å². The van der Waals surface area contributed by atoms with Crippen LogP contribution in [0.15, 0.2) is 89.5 Å². The molecule has 1 amide bonds. The predicted octanol–water partition coefficient (Wildman–Crippen LogP) is 5.79. The van der Waals surface area contributed by atoms with Crippen molar-refractivity contribution < 1.29 is 14.1 Å². The molecule has 0 aliphatic carbocycles. The van der Waals surface area contributed by atoms with Gasteiger partial charge >= 0.3 is 0 Å². The van der Waals surface area contributed by atoms with Crippen molar-refractivity contribution >= 4 is 17.5 Å². The topological polar surface area (TPSA) is 68.5 Å². The van der Waals surface area contributed by atoms with Crippen LogP contribution in [-0.4, -0.2) is 40.6 Å². The van der Waals surface area contributed by atoms with E-state index in [2.05, 4.69) is 22.3 Å². The van der Waals surface area contributed by atoms with Crippen LogP contribution < -0.4 is 4.74 Å². The molecule has 0 bridgehead atoms. The van der Waals surface area contributed by atoms with Gasteiger partial charge in [0, 0.05) is 24.5 Å². The summed E-state index contributed by atoms with van der Waals surface area (Å²) in [6.07, 6.45) is 3.73. The zero-order valence-electron chi connectivity index (χ0n) is 20.2. The molecule has 0 aliphatic heterocycles. The monoisotopic (exact) mass is 503 g/mol. The zero-order chi connectivity index (χ0) is 25.0. The van der Waals surface area contributed by atoms with Gasteiger partial charge in [0.15, 0.2) is 12.4 Å². The summed E-state index contributed by atoms with van der Waals surface area (Å²) in [6.45, 7) is 1.29. The molecule has 0 radical (unpaired) electrons. The summed E-state index contributed by atoms with van der Waals surface area (Å²) in [5, 5.41) is 4.81. The van der Waals surface area contributed by atoms with E-state index in [9.17, 15) is 4.79 Å². The second-order valence-corrected chi connectivity index (χ2v) is 9.02. The Morgan fingerprint density at radius 3 is 2.22 bits per heavy atom. The summed E-state index contributed by atoms with van der Waals surface area (Å²) in [4.78, 5) is 19.4. The minimum atomic E-state index is -0.0246. The van der Waals surface area contributed by atoms with Gasteiger partial charge in [-0.1, -0.05) is 77.4 Å². The van der Waals surface area contributed by atoms with Crippen LogP contribution >= 0.6 is 11.6 Å². The van der Waals surface area contributed by atoms with Crippen molar-refractivity contribution in [3.63, 3.8) is 0 Å². The molecule has 4 rings (SSSR count). The number of para-hydroxylation sites is 1. The van der Waals surface area contributed by atoms with Gasteiger partial charge in [-0.3, -0.25) is 4.79 Å². The van der Waals surface area contributed by atoms with Gasteiger partial charge in [0.05, 0.1) is 6.42 Å². The number of carbonyl (C=O) groups excluding carboxylic acids is 1. The van der Waals surface area contributed by atoms with Crippen molar-refractivity contribution in [1.82, 2.24) is 15.0 Å². The maximum absolute atomic E-state index is 13.0. The fourth-order valence-electron chi connectivity index (χ4n) is 3.90. The van der Waals surface area contributed by atoms with Crippen molar-refractivity contribution in [3.05, 3.63) is 113 Å². The number of hydrogen-bond donors (Lipinski definition) is 0. The summed E-state index contributed by atoms with van der Waals surface area (Å²) < 4.78 is 11.1. The van der Waals surface area contributed by atoms with Gasteiger partial charge in [0.1, 0.15) is 5.75 Å². The van der Waals surface area contributed by atoms with E-state index < -0.39 is 0 Å². The molecule has 186 valence electrons. The molecule has 6 nitrogen and oxygen atoms in total. The average Bonchev–Trinajstić information content (AvgIpc) is 3.36. The molecule has 1 heterocycles. The Labute approximate surface area is 216 Å². The molecule has 0 atom stereocenters. The van der Waals surface area contributed by atoms with E-state index in [0.717, 1.165) is 24.8 Å². The number of hydrogen-bond acceptors (Lipinski definition) is 5. The van der Waals surface area contributed by atoms with Crippen molar-refractivity contribution in [3.8, 4) is 5.75 Å². The fourth-order valence-corrected chi connectivity index (χ4v) is 4.03. The van der Waals surface area contributed by atoms with Crippen LogP contribution in [0.25, 0.3) is 0 Å². The normalized spacial score (nSPS) is 10.8. The molecule has 0 N–H and O–H groups in total. The lowest BCUT2D eigenvalue weighted by Crippen LogP contribution is -2.37. The quantitative estimate of drug-likeness (QED) is 0.231. The highest BCUT2D eigenvalue weighted by Gasteiger charge is 2.15. The second-order valence-electron chi connectivity index (χ2n) is 8.58. The lowest BCUT2D eigenvalue weighted by Gasteiger charge is -2.23. The molecule has 0 saturated heterocycles. The molecular weight excluding hydrogens is 474 g/mol. The molecule has 0 fully saturated rings. The van der Waals surface area contributed by atoms with Crippen LogP contribution in [-0.2, 0) is 24.1 Å². The molecule has 0 unspecified atom stereocenters. The van der Waals surface area contributed by atoms with Crippen LogP contribution in [0.2, 0.25) is 5.02 Å². The third kappa shape index (κ3) is 8.24. The van der Waals surface area contributed by atoms with Gasteiger partial charge < -0.3 is 14.2 Å². The van der Waals surface area contributed by atoms with E-state index in [-0.39, 0.29) is 12.5 Å². The standard InChI is InChI=1S/C29H30ClN3O3/c30-25-17-15-24(16-18-25)21-28-31-27(32-36-28)14-8-20-33(19-7-11-23-9-3-1-4-10-23)29(34)22-35-26-12-5-2-6-13-26/h1-6,9-10,12-13,15-18H,7-8,11,14,19-22H2. The third-order valence-electron chi connectivity index (χ3n) is 5.80. The molecule has 7 heteroatoms. The van der Waals surface area contributed by atoms with Gasteiger partial charge in [0.2, 0.25) is 5.89 Å². The number of aryl methyl sites for hydroxylation is 2. The highest BCUT2D eigenvalue weighted by molar-refractivity contribution is 6.30. The Hall–Kier alpha value is -3.64. The third-order valence-corrected chi connectivity index (χ3v) is 6.05. The van der Waals surface area contributed by atoms with Crippen molar-refractivity contribution in [1.29, 1.82) is 0 Å². The number of amides is 1. The maximum atomic E-state index is 13.0. The van der Waals surface area contributed by atoms with E-state index in [1.807, 2.05) is 77.7 Å². The minimum absolute atomic E-state index is 0.0167. The summed E-state index contributed by atoms with van der Waals surface area (Å²) in [5.41, 5.74) is 2.33. The summed E-state index contributed by atoms with van der Waals surface area (Å²) in [6, 6.07) is 27.3. The van der Waals surface area contributed by atoms with E-state index in [4.69, 9.17) is 20.9 Å². The number of aromatic nitrogens is 2. The number of rotatable bonds is 13. The molecular formula is C29H30ClN3O3. The summed E-state index contributed by atoms with van der Waals surface area (Å²) in [7, 11) is 0. The first-order chi connectivity index (χ1) is 17.7. The Kier molecular flexibility index (Phi) is 9.51. The van der Waals surface area contributed by atoms with Gasteiger partial charge in [-0.25, -0.2) is 0 Å². The smallest absolute Gasteiger partial charge is 0.260 e. The first kappa shape index (κ1) is 25.5. The molecule has 4 aromatic rings. The van der Waals surface area contributed by atoms with Crippen molar-refractivity contribution in [2.75, 3.05) is 19.7 Å². The lowest BCUT2D eigenvalue weighted by atomic mass is 10.1. The highest BCUT2D eigenvalue weighted by Crippen LogP contribution is 2.14. The fraction of sp³-hybridized carbons (Fsp3) is 0.276. The molecule has 0 aliphatic rings. The van der Waals surface area contributed by atoms with Crippen LogP contribution in [0.5, 0.6) is 5.75 Å². The average molecular weight is 504 g/mol. The molecule has 36 heavy (non-hydrogen) atoms. The van der Waals surface area contributed by atoms with E-state index >= 15 is 0 Å². The molecule has 1 aromatic heterocycles. The van der Waals surface area contributed by atoms with Crippen molar-refractivity contribution in [2.24, 2.45) is 0 Å². The van der Waals surface area contributed by atoms with E-state index in [1.165, 1.54) is 5.56 Å². The summed E-state index contributed by atoms with van der Waals surface area (Å²) >= 11 is 5.95. The van der Waals surface area contributed by atoms with Crippen LogP contribution in [0.1, 0.15) is 35.7 Å². The molecule has 3 aromatic carbocycles. The number of halogens is 1. The first-order valence-corrected chi connectivity index (χ1v) is 12.6. The Bertz CT molecular complexity index is 1200. The first-order valence-electron chi connectivity index (χ1n) is 12.2. The highest BCUT2D eigenvalue weighted by atomic mass is 35.5. The van der Waals surface area contributed by atoms with Crippen LogP contribution in [0.3, 0.4) is 0 Å². The van der Waals surface area contributed by atoms with Gasteiger partial charge in [0.25, 0.3) is 5.91 Å². The largest absolute Gasteiger partial charge is 0.484 e. The Morgan fingerprint density at radius 1 is 0.833 bits per heavy atom. The van der Waals surface area contributed by atoms with Gasteiger partial charge in [-0.2, -0.15) is 4.98 Å². The van der Waals surface area contributed by atoms with Crippen LogP contribution in [0, 0.1) is 0 Å². The van der Waals surface area contributed by atoms with Gasteiger partial charge in [-0.15, -0.1) is 0 Å². The van der Waals surface area contributed by atoms with Gasteiger partial charge in [-0.05, 0) is 54.7 Å². The van der Waals surface area contributed by atoms with E-state index in [0.29, 0.717) is 48.4 Å². The molecule has 0 spiro atoms. The lowest BCUT2D eigenvalue weighted by molar-refractivity contribution is -0.133. The number of nitrogens with zero attached hydrogens (tertiary/aromatic N) is 3. The maximum Gasteiger partial charge on any atom is 0.260 e. The molecule has 0 saturated carbocycles. The Morgan fingerprint density at radius 2 is 1.50 bits per heavy atom. The number of benzene rings is 3. The van der Waals surface area contributed by atoms with Crippen molar-refractivity contribution in [2.45, 2.75) is 32.1 Å². The SMILES string of the molecule is O=C(COc1ccccc1)N(CCCc1ccccc1)CCCc1noc(Cc2ccc(Cl)cc2)n1. The predicted molar refractivity (Wildman–Crippen MR) is 140 cm³/mol. The zero-order valence-corrected chi connectivity index (χ0v) is 20.9. The number of carbonyl (C=O) groups is 1. The van der Waals surface area contributed by atoms with E-state index in [1.54, 1.807) is 0 Å². The number of ether oxygens (including phenoxy) is 1. The minimum Gasteiger partial charge on any atom is -0.484 e. The Balaban J connectivity index is 1.28.